The van der Waals surface area contributed by atoms with Gasteiger partial charge >= 0.3 is 0 Å². The van der Waals surface area contributed by atoms with E-state index < -0.39 is 0 Å². The van der Waals surface area contributed by atoms with Crippen molar-refractivity contribution in [3.8, 4) is 6.19 Å². The van der Waals surface area contributed by atoms with E-state index in [1.807, 2.05) is 42.5 Å². The van der Waals surface area contributed by atoms with Crippen molar-refractivity contribution in [1.29, 1.82) is 5.26 Å². The highest BCUT2D eigenvalue weighted by Crippen LogP contribution is 2.02. The molecule has 4 heteroatoms. The molecule has 0 saturated carbocycles. The maximum Gasteiger partial charge on any atom is 0.207 e. The first-order valence-corrected chi connectivity index (χ1v) is 4.52. The minimum atomic E-state index is 0.0880. The molecule has 0 fully saturated rings. The van der Waals surface area contributed by atoms with E-state index >= 15 is 0 Å². The number of allylic oxidation sites excluding steroid dienone is 7. The molecule has 3 N–H and O–H groups in total. The smallest absolute Gasteiger partial charge is 0.207 e. The Morgan fingerprint density at radius 1 is 1.40 bits per heavy atom. The van der Waals surface area contributed by atoms with Crippen molar-refractivity contribution < 1.29 is 0 Å². The summed E-state index contributed by atoms with van der Waals surface area (Å²) < 4.78 is 0. The summed E-state index contributed by atoms with van der Waals surface area (Å²) in [6.45, 7) is 0. The van der Waals surface area contributed by atoms with Gasteiger partial charge in [0.1, 0.15) is 0 Å². The highest BCUT2D eigenvalue weighted by molar-refractivity contribution is 5.80. The van der Waals surface area contributed by atoms with Crippen LogP contribution in [0.5, 0.6) is 0 Å². The van der Waals surface area contributed by atoms with Gasteiger partial charge in [-0.2, -0.15) is 5.26 Å². The fraction of sp³-hybridized carbons (Fsp3) is 0.0909. The Morgan fingerprint density at radius 2 is 2.20 bits per heavy atom. The van der Waals surface area contributed by atoms with Crippen LogP contribution < -0.4 is 11.1 Å². The highest BCUT2D eigenvalue weighted by Gasteiger charge is 1.91. The molecule has 0 aliphatic heterocycles. The van der Waals surface area contributed by atoms with Gasteiger partial charge in [-0.05, 0) is 18.6 Å². The lowest BCUT2D eigenvalue weighted by Gasteiger charge is -1.96. The van der Waals surface area contributed by atoms with E-state index in [0.717, 1.165) is 6.42 Å². The van der Waals surface area contributed by atoms with Gasteiger partial charge in [-0.1, -0.05) is 30.4 Å². The third-order valence-corrected chi connectivity index (χ3v) is 1.62. The lowest BCUT2D eigenvalue weighted by molar-refractivity contribution is 1.20. The second kappa shape index (κ2) is 6.22. The van der Waals surface area contributed by atoms with Gasteiger partial charge in [-0.3, -0.25) is 5.32 Å². The van der Waals surface area contributed by atoms with Gasteiger partial charge in [0.25, 0.3) is 0 Å². The van der Waals surface area contributed by atoms with Crippen molar-refractivity contribution in [2.24, 2.45) is 10.7 Å². The average molecular weight is 200 g/mol. The lowest BCUT2D eigenvalue weighted by atomic mass is 10.3. The Bertz CT molecular complexity index is 391. The average Bonchev–Trinajstić information content (AvgIpc) is 2.32. The van der Waals surface area contributed by atoms with E-state index in [4.69, 9.17) is 11.0 Å². The first kappa shape index (κ1) is 10.8. The molecule has 0 spiro atoms. The molecule has 0 aromatic carbocycles. The fourth-order valence-electron chi connectivity index (χ4n) is 0.989. The number of nitrogens with two attached hydrogens (primary N) is 1. The van der Waals surface area contributed by atoms with Crippen molar-refractivity contribution in [2.45, 2.75) is 6.42 Å². The number of guanidine groups is 1. The number of nitrogens with one attached hydrogen (secondary N) is 1. The lowest BCUT2D eigenvalue weighted by Crippen LogP contribution is -2.27. The molecule has 1 aliphatic carbocycles. The van der Waals surface area contributed by atoms with Gasteiger partial charge in [0.05, 0.1) is 5.70 Å². The summed E-state index contributed by atoms with van der Waals surface area (Å²) in [5.41, 5.74) is 6.14. The van der Waals surface area contributed by atoms with Crippen LogP contribution in [0.2, 0.25) is 0 Å². The number of hydrogen-bond donors (Lipinski definition) is 2. The van der Waals surface area contributed by atoms with Gasteiger partial charge in [-0.15, -0.1) is 0 Å². The Kier molecular flexibility index (Phi) is 4.47. The zero-order chi connectivity index (χ0) is 10.9. The Hall–Kier alpha value is -2.28. The number of rotatable bonds is 1. The zero-order valence-electron chi connectivity index (χ0n) is 8.22. The van der Waals surface area contributed by atoms with Gasteiger partial charge in [0.2, 0.25) is 5.96 Å². The second-order valence-electron chi connectivity index (χ2n) is 2.78. The second-order valence-corrected chi connectivity index (χ2v) is 2.78. The van der Waals surface area contributed by atoms with Crippen LogP contribution in [0.25, 0.3) is 0 Å². The molecule has 0 heterocycles. The number of nitrogens with zero attached hydrogens (tertiary/aromatic N) is 2. The van der Waals surface area contributed by atoms with Crippen molar-refractivity contribution >= 4 is 5.96 Å². The number of aliphatic imine (C=N–C) groups is 1. The van der Waals surface area contributed by atoms with Gasteiger partial charge in [0.15, 0.2) is 6.19 Å². The van der Waals surface area contributed by atoms with E-state index in [0.29, 0.717) is 5.70 Å². The topological polar surface area (TPSA) is 74.2 Å². The van der Waals surface area contributed by atoms with Crippen LogP contribution >= 0.6 is 0 Å². The van der Waals surface area contributed by atoms with E-state index in [1.54, 1.807) is 6.19 Å². The minimum Gasteiger partial charge on any atom is -0.369 e. The van der Waals surface area contributed by atoms with Crippen LogP contribution in [0.3, 0.4) is 0 Å². The fourth-order valence-corrected chi connectivity index (χ4v) is 0.989. The third kappa shape index (κ3) is 4.48. The van der Waals surface area contributed by atoms with Crippen molar-refractivity contribution in [3.05, 3.63) is 48.2 Å². The molecule has 4 nitrogen and oxygen atoms in total. The van der Waals surface area contributed by atoms with Crippen LogP contribution in [0.1, 0.15) is 6.42 Å². The predicted octanol–water partition coefficient (Wildman–Crippen LogP) is 1.33. The van der Waals surface area contributed by atoms with Gasteiger partial charge in [0, 0.05) is 0 Å². The Morgan fingerprint density at radius 3 is 3.00 bits per heavy atom. The van der Waals surface area contributed by atoms with Crippen LogP contribution in [0, 0.1) is 11.5 Å². The van der Waals surface area contributed by atoms with Crippen molar-refractivity contribution in [2.75, 3.05) is 0 Å². The quantitative estimate of drug-likeness (QED) is 0.290. The van der Waals surface area contributed by atoms with Crippen LogP contribution in [-0.2, 0) is 0 Å². The molecule has 1 aliphatic rings. The normalized spacial score (nSPS) is 25.8. The summed E-state index contributed by atoms with van der Waals surface area (Å²) in [5.74, 6) is 0.0880. The molecule has 0 saturated heterocycles. The van der Waals surface area contributed by atoms with E-state index in [2.05, 4.69) is 10.3 Å². The minimum absolute atomic E-state index is 0.0880. The molecule has 0 radical (unpaired) electrons. The largest absolute Gasteiger partial charge is 0.369 e. The summed E-state index contributed by atoms with van der Waals surface area (Å²) in [5, 5.41) is 10.6. The Balaban J connectivity index is 2.82. The molecule has 0 aromatic heterocycles. The third-order valence-electron chi connectivity index (χ3n) is 1.62. The maximum absolute atomic E-state index is 8.33. The van der Waals surface area contributed by atoms with Gasteiger partial charge in [-0.25, -0.2) is 4.99 Å². The summed E-state index contributed by atoms with van der Waals surface area (Å²) >= 11 is 0. The molecular formula is C11H12N4. The molecule has 15 heavy (non-hydrogen) atoms. The van der Waals surface area contributed by atoms with Crippen LogP contribution in [0.4, 0.5) is 0 Å². The van der Waals surface area contributed by atoms with E-state index in [9.17, 15) is 0 Å². The van der Waals surface area contributed by atoms with E-state index in [1.165, 1.54) is 0 Å². The van der Waals surface area contributed by atoms with Gasteiger partial charge < -0.3 is 5.73 Å². The molecule has 0 unspecified atom stereocenters. The molecule has 0 atom stereocenters. The summed E-state index contributed by atoms with van der Waals surface area (Å²) in [6, 6.07) is 0. The molecule has 1 rings (SSSR count). The summed E-state index contributed by atoms with van der Waals surface area (Å²) in [6.07, 6.45) is 16.0. The molecular weight excluding hydrogens is 188 g/mol. The van der Waals surface area contributed by atoms with Crippen molar-refractivity contribution in [3.63, 3.8) is 0 Å². The monoisotopic (exact) mass is 200 g/mol. The highest BCUT2D eigenvalue weighted by atomic mass is 15.1. The number of nitriles is 1. The Labute approximate surface area is 88.8 Å². The first-order chi connectivity index (χ1) is 7.33. The molecule has 0 aromatic rings. The first-order valence-electron chi connectivity index (χ1n) is 4.52. The molecule has 76 valence electrons. The molecule has 0 amide bonds. The number of hydrogen-bond acceptors (Lipinski definition) is 2. The standard InChI is InChI=1S/C11H12N4/c12-9-14-11(13)15-10-7-5-3-1-2-4-6-8-10/h1,3-8H,2H2,(H3,13,14,15)/b3-1-,6-4-,7-5-,10-8+. The SMILES string of the molecule is N#CNC(N)=NC1=C/C=C\C\C=C/C=C\1. The predicted molar refractivity (Wildman–Crippen MR) is 60.5 cm³/mol. The van der Waals surface area contributed by atoms with E-state index in [-0.39, 0.29) is 5.96 Å². The van der Waals surface area contributed by atoms with Crippen LogP contribution in [-0.4, -0.2) is 5.96 Å². The van der Waals surface area contributed by atoms with Crippen LogP contribution in [0.15, 0.2) is 53.2 Å². The molecule has 0 bridgehead atoms. The summed E-state index contributed by atoms with van der Waals surface area (Å²) in [7, 11) is 0. The maximum atomic E-state index is 8.33. The van der Waals surface area contributed by atoms with Crippen molar-refractivity contribution in [1.82, 2.24) is 5.32 Å². The summed E-state index contributed by atoms with van der Waals surface area (Å²) in [4.78, 5) is 4.02. The zero-order valence-corrected chi connectivity index (χ0v) is 8.22.